The average Bonchev–Trinajstić information content (AvgIpc) is 3.02. The molecule has 0 aromatic heterocycles. The van der Waals surface area contributed by atoms with Crippen molar-refractivity contribution >= 4 is 13.9 Å². The maximum absolute atomic E-state index is 4.53. The molecule has 0 saturated carbocycles. The molecule has 1 N–H and O–H groups in total. The molecule has 0 bridgehead atoms. The van der Waals surface area contributed by atoms with Crippen molar-refractivity contribution in [3.05, 3.63) is 172 Å². The van der Waals surface area contributed by atoms with Crippen LogP contribution in [-0.4, -0.2) is 8.24 Å². The molecule has 0 fully saturated rings. The number of hydrogen-bond donors (Lipinski definition) is 1. The molecule has 5 rings (SSSR count). The number of nitrogens with one attached hydrogen (secondary N) is 1. The Hall–Kier alpha value is -3.88. The fourth-order valence-corrected chi connectivity index (χ4v) is 13.4. The lowest BCUT2D eigenvalue weighted by atomic mass is 9.78. The van der Waals surface area contributed by atoms with Gasteiger partial charge in [-0.05, 0) is 56.9 Å². The quantitative estimate of drug-likeness (QED) is 0.118. The maximum Gasteiger partial charge on any atom is 0.161 e. The second kappa shape index (κ2) is 13.8. The van der Waals surface area contributed by atoms with Gasteiger partial charge in [0.1, 0.15) is 0 Å². The Kier molecular flexibility index (Phi) is 9.91. The van der Waals surface area contributed by atoms with Crippen LogP contribution < -0.4 is 4.98 Å². The summed E-state index contributed by atoms with van der Waals surface area (Å²) in [5.74, 6) is 0.202. The normalized spacial score (nSPS) is 12.1. The van der Waals surface area contributed by atoms with Gasteiger partial charge in [-0.15, -0.1) is 0 Å². The van der Waals surface area contributed by atoms with Crippen molar-refractivity contribution in [1.29, 1.82) is 0 Å². The van der Waals surface area contributed by atoms with Crippen molar-refractivity contribution in [3.8, 4) is 0 Å². The van der Waals surface area contributed by atoms with E-state index in [1.165, 1.54) is 44.6 Å². The number of rotatable bonds is 11. The van der Waals surface area contributed by atoms with Crippen LogP contribution in [0.25, 0.3) is 0 Å². The van der Waals surface area contributed by atoms with Crippen LogP contribution in [0.2, 0.25) is 16.6 Å². The smallest absolute Gasteiger partial charge is 0.161 e. The number of hydrogen-bond acceptors (Lipinski definition) is 1. The molecule has 5 aromatic carbocycles. The van der Waals surface area contributed by atoms with Gasteiger partial charge in [0.05, 0.1) is 0 Å². The molecule has 0 unspecified atom stereocenters. The summed E-state index contributed by atoms with van der Waals surface area (Å²) >= 11 is 0. The Morgan fingerprint density at radius 1 is 0.432 bits per heavy atom. The Balaban J connectivity index is 1.90. The maximum atomic E-state index is 4.53. The highest BCUT2D eigenvalue weighted by atomic mass is 28.3. The van der Waals surface area contributed by atoms with Crippen LogP contribution in [-0.2, 0) is 0 Å². The van der Waals surface area contributed by atoms with E-state index in [1.807, 2.05) is 0 Å². The third-order valence-electron chi connectivity index (χ3n) is 9.70. The summed E-state index contributed by atoms with van der Waals surface area (Å²) in [7, 11) is -2.09. The first kappa shape index (κ1) is 31.5. The van der Waals surface area contributed by atoms with E-state index >= 15 is 0 Å². The highest BCUT2D eigenvalue weighted by molar-refractivity contribution is 6.86. The van der Waals surface area contributed by atoms with Crippen LogP contribution >= 0.6 is 0 Å². The van der Waals surface area contributed by atoms with Crippen LogP contribution in [0.1, 0.15) is 92.3 Å². The molecule has 0 saturated heterocycles. The van der Waals surface area contributed by atoms with Crippen molar-refractivity contribution in [2.75, 3.05) is 4.98 Å². The standard InChI is InChI=1S/C42H49NSi/c1-30(2)44(31(3)4,32(5)6)43-42-38(40(34-20-12-8-13-21-34)35-22-14-9-15-23-35)28-33(7)29-39(42)41(36-24-16-10-17-25-36)37-26-18-11-19-27-37/h8-32,40-41,43H,1-7H3. The summed E-state index contributed by atoms with van der Waals surface area (Å²) in [4.78, 5) is 4.53. The summed E-state index contributed by atoms with van der Waals surface area (Å²) in [6.45, 7) is 17.0. The van der Waals surface area contributed by atoms with E-state index < -0.39 is 8.24 Å². The minimum Gasteiger partial charge on any atom is -0.409 e. The minimum absolute atomic E-state index is 0.101. The molecule has 0 aliphatic carbocycles. The van der Waals surface area contributed by atoms with Crippen molar-refractivity contribution in [2.24, 2.45) is 0 Å². The van der Waals surface area contributed by atoms with Gasteiger partial charge < -0.3 is 4.98 Å². The molecule has 0 radical (unpaired) electrons. The van der Waals surface area contributed by atoms with Gasteiger partial charge in [0.2, 0.25) is 0 Å². The average molecular weight is 596 g/mol. The van der Waals surface area contributed by atoms with Crippen molar-refractivity contribution in [2.45, 2.75) is 76.9 Å². The largest absolute Gasteiger partial charge is 0.409 e. The molecule has 0 amide bonds. The fourth-order valence-electron chi connectivity index (χ4n) is 7.78. The van der Waals surface area contributed by atoms with Crippen molar-refractivity contribution in [1.82, 2.24) is 0 Å². The van der Waals surface area contributed by atoms with E-state index in [-0.39, 0.29) is 11.8 Å². The Labute approximate surface area is 267 Å². The molecule has 0 spiro atoms. The van der Waals surface area contributed by atoms with Crippen LogP contribution in [0.4, 0.5) is 5.69 Å². The molecular formula is C42H49NSi. The van der Waals surface area contributed by atoms with Gasteiger partial charge in [0, 0.05) is 17.5 Å². The van der Waals surface area contributed by atoms with Gasteiger partial charge in [-0.2, -0.15) is 0 Å². The van der Waals surface area contributed by atoms with E-state index in [0.29, 0.717) is 16.6 Å². The first-order chi connectivity index (χ1) is 21.2. The monoisotopic (exact) mass is 595 g/mol. The predicted molar refractivity (Wildman–Crippen MR) is 194 cm³/mol. The first-order valence-corrected chi connectivity index (χ1v) is 18.6. The molecule has 1 nitrogen and oxygen atoms in total. The van der Waals surface area contributed by atoms with Gasteiger partial charge >= 0.3 is 0 Å². The third-order valence-corrected chi connectivity index (χ3v) is 16.1. The lowest BCUT2D eigenvalue weighted by Gasteiger charge is -2.46. The SMILES string of the molecule is Cc1cc(C(c2ccccc2)c2ccccc2)c(N[Si](C(C)C)(C(C)C)C(C)C)c(C(c2ccccc2)c2ccccc2)c1. The molecular weight excluding hydrogens is 547 g/mol. The van der Waals surface area contributed by atoms with Gasteiger partial charge in [0.25, 0.3) is 0 Å². The molecule has 0 aliphatic rings. The van der Waals surface area contributed by atoms with E-state index in [2.05, 4.69) is 187 Å². The molecule has 226 valence electrons. The van der Waals surface area contributed by atoms with Crippen LogP contribution in [0.5, 0.6) is 0 Å². The minimum atomic E-state index is -2.09. The van der Waals surface area contributed by atoms with Gasteiger partial charge in [0.15, 0.2) is 8.24 Å². The van der Waals surface area contributed by atoms with E-state index in [1.54, 1.807) is 0 Å². The zero-order valence-corrected chi connectivity index (χ0v) is 28.6. The third kappa shape index (κ3) is 6.33. The van der Waals surface area contributed by atoms with E-state index in [4.69, 9.17) is 0 Å². The number of anilines is 1. The number of benzene rings is 5. The van der Waals surface area contributed by atoms with Gasteiger partial charge in [-0.3, -0.25) is 0 Å². The summed E-state index contributed by atoms with van der Waals surface area (Å²) in [5.41, 5.74) is 12.3. The lowest BCUT2D eigenvalue weighted by Crippen LogP contribution is -2.53. The molecule has 5 aromatic rings. The van der Waals surface area contributed by atoms with Crippen LogP contribution in [0, 0.1) is 6.92 Å². The van der Waals surface area contributed by atoms with Crippen molar-refractivity contribution < 1.29 is 0 Å². The Morgan fingerprint density at radius 2 is 0.705 bits per heavy atom. The lowest BCUT2D eigenvalue weighted by molar-refractivity contribution is 0.818. The first-order valence-electron chi connectivity index (χ1n) is 16.4. The molecule has 0 aliphatic heterocycles. The predicted octanol–water partition coefficient (Wildman–Crippen LogP) is 11.9. The second-order valence-electron chi connectivity index (χ2n) is 13.3. The summed E-state index contributed by atoms with van der Waals surface area (Å²) in [6.07, 6.45) is 0. The topological polar surface area (TPSA) is 12.0 Å². The second-order valence-corrected chi connectivity index (χ2v) is 18.9. The zero-order chi connectivity index (χ0) is 31.3. The highest BCUT2D eigenvalue weighted by Crippen LogP contribution is 2.48. The zero-order valence-electron chi connectivity index (χ0n) is 27.6. The Bertz CT molecular complexity index is 1400. The summed E-state index contributed by atoms with van der Waals surface area (Å²) in [6, 6.07) is 49.3. The van der Waals surface area contributed by atoms with E-state index in [0.717, 1.165) is 0 Å². The van der Waals surface area contributed by atoms with Crippen LogP contribution in [0.15, 0.2) is 133 Å². The number of aryl methyl sites for hydroxylation is 1. The van der Waals surface area contributed by atoms with Crippen LogP contribution in [0.3, 0.4) is 0 Å². The Morgan fingerprint density at radius 3 is 0.955 bits per heavy atom. The van der Waals surface area contributed by atoms with Gasteiger partial charge in [-0.1, -0.05) is 181 Å². The summed E-state index contributed by atoms with van der Waals surface area (Å²) < 4.78 is 0. The summed E-state index contributed by atoms with van der Waals surface area (Å²) in [5, 5.41) is 0. The molecule has 2 heteroatoms. The fraction of sp³-hybridized carbons (Fsp3) is 0.286. The highest BCUT2D eigenvalue weighted by Gasteiger charge is 2.45. The molecule has 0 atom stereocenters. The van der Waals surface area contributed by atoms with Gasteiger partial charge in [-0.25, -0.2) is 0 Å². The molecule has 44 heavy (non-hydrogen) atoms. The van der Waals surface area contributed by atoms with E-state index in [9.17, 15) is 0 Å². The molecule has 0 heterocycles. The van der Waals surface area contributed by atoms with Crippen molar-refractivity contribution in [3.63, 3.8) is 0 Å².